The second kappa shape index (κ2) is 8.84. The van der Waals surface area contributed by atoms with Crippen molar-refractivity contribution in [1.29, 1.82) is 0 Å². The van der Waals surface area contributed by atoms with Gasteiger partial charge in [0.25, 0.3) is 5.91 Å². The Morgan fingerprint density at radius 2 is 2.09 bits per heavy atom. The number of nitrogens with two attached hydrogens (primary N) is 1. The van der Waals surface area contributed by atoms with E-state index in [-0.39, 0.29) is 11.9 Å². The zero-order valence-electron chi connectivity index (χ0n) is 18.6. The van der Waals surface area contributed by atoms with E-state index < -0.39 is 0 Å². The molecule has 5 rings (SSSR count). The van der Waals surface area contributed by atoms with Crippen molar-refractivity contribution in [3.05, 3.63) is 47.5 Å². The fourth-order valence-electron chi connectivity index (χ4n) is 4.07. The molecule has 1 aromatic carbocycles. The van der Waals surface area contributed by atoms with Gasteiger partial charge in [0.2, 0.25) is 0 Å². The molecule has 0 unspecified atom stereocenters. The first-order valence-corrected chi connectivity index (χ1v) is 11.8. The van der Waals surface area contributed by atoms with Crippen LogP contribution in [0.3, 0.4) is 0 Å². The predicted octanol–water partition coefficient (Wildman–Crippen LogP) is 3.77. The number of aromatic amines is 1. The molecule has 4 aromatic rings. The number of H-pyrrole nitrogens is 1. The van der Waals surface area contributed by atoms with Crippen LogP contribution >= 0.6 is 11.3 Å². The number of ether oxygens (including phenoxy) is 1. The van der Waals surface area contributed by atoms with Crippen LogP contribution in [0.15, 0.2) is 41.9 Å². The zero-order chi connectivity index (χ0) is 22.9. The Labute approximate surface area is 195 Å². The second-order valence-electron chi connectivity index (χ2n) is 8.38. The molecular weight excluding hydrogens is 436 g/mol. The van der Waals surface area contributed by atoms with Crippen molar-refractivity contribution in [2.75, 3.05) is 33.0 Å². The normalized spacial score (nSPS) is 15.1. The molecule has 0 bridgehead atoms. The highest BCUT2D eigenvalue weighted by Crippen LogP contribution is 2.33. The zero-order valence-corrected chi connectivity index (χ0v) is 19.4. The molecule has 33 heavy (non-hydrogen) atoms. The van der Waals surface area contributed by atoms with E-state index in [0.29, 0.717) is 22.8 Å². The first-order chi connectivity index (χ1) is 16.0. The van der Waals surface area contributed by atoms with Crippen LogP contribution in [0.4, 0.5) is 5.82 Å². The number of nitrogens with one attached hydrogen (secondary N) is 2. The van der Waals surface area contributed by atoms with Gasteiger partial charge in [-0.1, -0.05) is 0 Å². The quantitative estimate of drug-likeness (QED) is 0.417. The Bertz CT molecular complexity index is 1310. The van der Waals surface area contributed by atoms with Gasteiger partial charge >= 0.3 is 0 Å². The average Bonchev–Trinajstić information content (AvgIpc) is 3.48. The van der Waals surface area contributed by atoms with Gasteiger partial charge in [0, 0.05) is 34.1 Å². The minimum atomic E-state index is -0.0260. The maximum Gasteiger partial charge on any atom is 0.252 e. The van der Waals surface area contributed by atoms with Crippen molar-refractivity contribution < 1.29 is 9.53 Å². The van der Waals surface area contributed by atoms with Crippen molar-refractivity contribution in [2.45, 2.75) is 18.9 Å². The molecule has 0 atom stereocenters. The monoisotopic (exact) mass is 462 g/mol. The van der Waals surface area contributed by atoms with E-state index >= 15 is 0 Å². The second-order valence-corrected chi connectivity index (χ2v) is 9.29. The van der Waals surface area contributed by atoms with Crippen LogP contribution < -0.4 is 15.8 Å². The third-order valence-electron chi connectivity index (χ3n) is 6.06. The Morgan fingerprint density at radius 3 is 2.88 bits per heavy atom. The molecule has 0 radical (unpaired) electrons. The molecule has 0 aliphatic carbocycles. The third-order valence-corrected chi connectivity index (χ3v) is 7.04. The number of likely N-dealkylation sites (tertiary alicyclic amines) is 1. The molecule has 4 N–H and O–H groups in total. The number of rotatable bonds is 5. The highest BCUT2D eigenvalue weighted by Gasteiger charge is 2.20. The number of nitrogens with zero attached hydrogens (tertiary/aromatic N) is 3. The molecule has 9 heteroatoms. The van der Waals surface area contributed by atoms with Crippen molar-refractivity contribution in [2.24, 2.45) is 0 Å². The van der Waals surface area contributed by atoms with Crippen molar-refractivity contribution in [3.63, 3.8) is 0 Å². The molecule has 1 aliphatic heterocycles. The summed E-state index contributed by atoms with van der Waals surface area (Å²) in [5, 5.41) is 5.06. The van der Waals surface area contributed by atoms with Crippen LogP contribution in [0.2, 0.25) is 0 Å². The lowest BCUT2D eigenvalue weighted by molar-refractivity contribution is 0.0917. The predicted molar refractivity (Wildman–Crippen MR) is 132 cm³/mol. The largest absolute Gasteiger partial charge is 0.497 e. The van der Waals surface area contributed by atoms with E-state index in [1.54, 1.807) is 13.3 Å². The number of hydrogen-bond donors (Lipinski definition) is 3. The summed E-state index contributed by atoms with van der Waals surface area (Å²) in [7, 11) is 3.74. The SMILES string of the molecule is COc1ccc2nc(-c3cc(-c4cc(C(=O)NC5CCN(C)CC5)cs4)cnc3N)[nH]c2c1. The molecule has 1 amide bonds. The number of pyridine rings is 1. The van der Waals surface area contributed by atoms with Gasteiger partial charge in [-0.2, -0.15) is 0 Å². The van der Waals surface area contributed by atoms with Crippen LogP contribution in [0, 0.1) is 0 Å². The number of anilines is 1. The van der Waals surface area contributed by atoms with Gasteiger partial charge in [0.1, 0.15) is 17.4 Å². The van der Waals surface area contributed by atoms with Crippen molar-refractivity contribution in [1.82, 2.24) is 25.2 Å². The summed E-state index contributed by atoms with van der Waals surface area (Å²) in [6.07, 6.45) is 3.69. The third kappa shape index (κ3) is 4.42. The highest BCUT2D eigenvalue weighted by atomic mass is 32.1. The molecule has 1 fully saturated rings. The van der Waals surface area contributed by atoms with E-state index in [1.807, 2.05) is 35.7 Å². The molecule has 4 heterocycles. The Balaban J connectivity index is 1.38. The molecular formula is C24H26N6O2S. The topological polar surface area (TPSA) is 109 Å². The summed E-state index contributed by atoms with van der Waals surface area (Å²) >= 11 is 1.52. The number of hydrogen-bond acceptors (Lipinski definition) is 7. The minimum Gasteiger partial charge on any atom is -0.497 e. The van der Waals surface area contributed by atoms with Gasteiger partial charge in [0.05, 0.1) is 29.3 Å². The standard InChI is InChI=1S/C24H26N6O2S/c1-30-7-5-16(6-8-30)27-24(31)15-10-21(33-13-15)14-9-18(22(25)26-12-14)23-28-19-4-3-17(32-2)11-20(19)29-23/h3-4,9-13,16H,5-8H2,1-2H3,(H2,25,26)(H,27,31)(H,28,29). The summed E-state index contributed by atoms with van der Waals surface area (Å²) in [6.45, 7) is 2.02. The number of amides is 1. The van der Waals surface area contributed by atoms with Crippen LogP contribution in [0.5, 0.6) is 5.75 Å². The summed E-state index contributed by atoms with van der Waals surface area (Å²) < 4.78 is 5.29. The van der Waals surface area contributed by atoms with Gasteiger partial charge in [-0.25, -0.2) is 9.97 Å². The van der Waals surface area contributed by atoms with Crippen molar-refractivity contribution in [3.8, 4) is 27.6 Å². The number of benzene rings is 1. The lowest BCUT2D eigenvalue weighted by Crippen LogP contribution is -2.43. The Hall–Kier alpha value is -3.43. The van der Waals surface area contributed by atoms with Gasteiger partial charge in [-0.05, 0) is 57.2 Å². The fourth-order valence-corrected chi connectivity index (χ4v) is 4.94. The maximum atomic E-state index is 12.8. The molecule has 1 saturated heterocycles. The number of thiophene rings is 1. The van der Waals surface area contributed by atoms with E-state index in [0.717, 1.165) is 53.2 Å². The number of aromatic nitrogens is 3. The molecule has 0 spiro atoms. The number of carbonyl (C=O) groups is 1. The highest BCUT2D eigenvalue weighted by molar-refractivity contribution is 7.13. The number of nitrogen functional groups attached to an aromatic ring is 1. The van der Waals surface area contributed by atoms with E-state index in [4.69, 9.17) is 10.5 Å². The Kier molecular flexibility index (Phi) is 5.74. The van der Waals surface area contributed by atoms with Gasteiger partial charge < -0.3 is 25.7 Å². The van der Waals surface area contributed by atoms with E-state index in [9.17, 15) is 4.79 Å². The van der Waals surface area contributed by atoms with Gasteiger partial charge in [-0.3, -0.25) is 4.79 Å². The molecule has 1 aliphatic rings. The van der Waals surface area contributed by atoms with Crippen LogP contribution in [0.1, 0.15) is 23.2 Å². The number of piperidine rings is 1. The smallest absolute Gasteiger partial charge is 0.252 e. The summed E-state index contributed by atoms with van der Waals surface area (Å²) in [6, 6.07) is 9.77. The van der Waals surface area contributed by atoms with Crippen LogP contribution in [-0.4, -0.2) is 59.0 Å². The number of methoxy groups -OCH3 is 1. The number of fused-ring (bicyclic) bond motifs is 1. The Morgan fingerprint density at radius 1 is 1.27 bits per heavy atom. The molecule has 170 valence electrons. The van der Waals surface area contributed by atoms with Gasteiger partial charge in [-0.15, -0.1) is 11.3 Å². The summed E-state index contributed by atoms with van der Waals surface area (Å²) in [5.41, 5.74) is 10.1. The van der Waals surface area contributed by atoms with E-state index in [1.165, 1.54) is 11.3 Å². The van der Waals surface area contributed by atoms with Crippen LogP contribution in [-0.2, 0) is 0 Å². The molecule has 3 aromatic heterocycles. The molecule has 8 nitrogen and oxygen atoms in total. The average molecular weight is 463 g/mol. The van der Waals surface area contributed by atoms with Crippen LogP contribution in [0.25, 0.3) is 32.9 Å². The number of imidazole rings is 1. The number of carbonyl (C=O) groups excluding carboxylic acids is 1. The first-order valence-electron chi connectivity index (χ1n) is 10.9. The maximum absolute atomic E-state index is 12.8. The minimum absolute atomic E-state index is 0.0260. The lowest BCUT2D eigenvalue weighted by atomic mass is 10.1. The summed E-state index contributed by atoms with van der Waals surface area (Å²) in [5.74, 6) is 1.76. The lowest BCUT2D eigenvalue weighted by Gasteiger charge is -2.29. The summed E-state index contributed by atoms with van der Waals surface area (Å²) in [4.78, 5) is 28.3. The molecule has 0 saturated carbocycles. The van der Waals surface area contributed by atoms with Crippen molar-refractivity contribution >= 4 is 34.1 Å². The first kappa shape index (κ1) is 21.4. The van der Waals surface area contributed by atoms with Gasteiger partial charge in [0.15, 0.2) is 0 Å². The fraction of sp³-hybridized carbons (Fsp3) is 0.292. The van der Waals surface area contributed by atoms with E-state index in [2.05, 4.69) is 32.2 Å².